The lowest BCUT2D eigenvalue weighted by Gasteiger charge is -2.25. The molecular formula is C36H29B. The average molecular weight is 472 g/mol. The second-order valence-electron chi connectivity index (χ2n) is 9.16. The lowest BCUT2D eigenvalue weighted by atomic mass is 9.77. The Bertz CT molecular complexity index is 1530. The molecule has 0 bridgehead atoms. The molecular weight excluding hydrogens is 443 g/mol. The third kappa shape index (κ3) is 4.99. The minimum absolute atomic E-state index is 0.749. The van der Waals surface area contributed by atoms with E-state index in [1.54, 1.807) is 0 Å². The van der Waals surface area contributed by atoms with Gasteiger partial charge in [-0.1, -0.05) is 140 Å². The predicted octanol–water partition coefficient (Wildman–Crippen LogP) is 8.97. The van der Waals surface area contributed by atoms with Crippen molar-refractivity contribution in [3.05, 3.63) is 152 Å². The summed E-state index contributed by atoms with van der Waals surface area (Å²) in [5.41, 5.74) is 12.3. The van der Waals surface area contributed by atoms with Crippen LogP contribution in [0.2, 0.25) is 0 Å². The van der Waals surface area contributed by atoms with Gasteiger partial charge in [-0.2, -0.15) is 0 Å². The molecule has 2 radical (unpaired) electrons. The Balaban J connectivity index is 2.03. The highest BCUT2D eigenvalue weighted by Gasteiger charge is 2.24. The van der Waals surface area contributed by atoms with Crippen LogP contribution in [0.5, 0.6) is 0 Å². The molecule has 0 saturated heterocycles. The van der Waals surface area contributed by atoms with E-state index in [0.29, 0.717) is 0 Å². The van der Waals surface area contributed by atoms with Gasteiger partial charge in [0.2, 0.25) is 0 Å². The van der Waals surface area contributed by atoms with Gasteiger partial charge in [0.1, 0.15) is 7.85 Å². The molecule has 0 saturated carbocycles. The summed E-state index contributed by atoms with van der Waals surface area (Å²) in [4.78, 5) is 0. The highest BCUT2D eigenvalue weighted by molar-refractivity contribution is 6.32. The molecule has 1 aliphatic rings. The predicted molar refractivity (Wildman–Crippen MR) is 163 cm³/mol. The molecule has 176 valence electrons. The van der Waals surface area contributed by atoms with Crippen molar-refractivity contribution in [3.8, 4) is 33.4 Å². The smallest absolute Gasteiger partial charge is 0.0990 e. The van der Waals surface area contributed by atoms with Crippen molar-refractivity contribution in [2.45, 2.75) is 12.8 Å². The normalized spacial score (nSPS) is 13.2. The van der Waals surface area contributed by atoms with Crippen molar-refractivity contribution in [2.75, 3.05) is 0 Å². The maximum Gasteiger partial charge on any atom is 0.113 e. The molecule has 0 amide bonds. The molecule has 0 nitrogen and oxygen atoms in total. The molecule has 0 atom stereocenters. The van der Waals surface area contributed by atoms with Gasteiger partial charge >= 0.3 is 0 Å². The molecule has 0 aliphatic heterocycles. The number of hydrogen-bond acceptors (Lipinski definition) is 0. The van der Waals surface area contributed by atoms with E-state index in [4.69, 9.17) is 7.85 Å². The van der Waals surface area contributed by atoms with Gasteiger partial charge in [0.15, 0.2) is 0 Å². The minimum atomic E-state index is 0.749. The summed E-state index contributed by atoms with van der Waals surface area (Å²) in [5.74, 6) is 0. The van der Waals surface area contributed by atoms with Gasteiger partial charge < -0.3 is 0 Å². The van der Waals surface area contributed by atoms with Gasteiger partial charge in [-0.05, 0) is 74.6 Å². The molecule has 5 rings (SSSR count). The monoisotopic (exact) mass is 472 g/mol. The summed E-state index contributed by atoms with van der Waals surface area (Å²) in [5, 5.41) is 0. The van der Waals surface area contributed by atoms with E-state index in [1.807, 2.05) is 24.3 Å². The third-order valence-electron chi connectivity index (χ3n) is 6.76. The fourth-order valence-electron chi connectivity index (χ4n) is 5.14. The first-order valence-electron chi connectivity index (χ1n) is 12.7. The number of benzene rings is 4. The molecule has 37 heavy (non-hydrogen) atoms. The zero-order valence-corrected chi connectivity index (χ0v) is 21.0. The van der Waals surface area contributed by atoms with Gasteiger partial charge in [-0.15, -0.1) is 0 Å². The average Bonchev–Trinajstić information content (AvgIpc) is 2.96. The van der Waals surface area contributed by atoms with E-state index >= 15 is 0 Å². The Kier molecular flexibility index (Phi) is 7.33. The zero-order valence-electron chi connectivity index (χ0n) is 21.0. The van der Waals surface area contributed by atoms with Crippen LogP contribution in [0.25, 0.3) is 44.5 Å². The Labute approximate surface area is 222 Å². The summed E-state index contributed by atoms with van der Waals surface area (Å²) >= 11 is 0. The first-order valence-corrected chi connectivity index (χ1v) is 12.7. The minimum Gasteiger partial charge on any atom is -0.0990 e. The second kappa shape index (κ2) is 11.1. The van der Waals surface area contributed by atoms with Crippen LogP contribution in [0, 0.1) is 0 Å². The molecule has 0 spiro atoms. The van der Waals surface area contributed by atoms with Gasteiger partial charge in [0, 0.05) is 0 Å². The van der Waals surface area contributed by atoms with Gasteiger partial charge in [0.05, 0.1) is 0 Å². The van der Waals surface area contributed by atoms with Crippen LogP contribution in [0.15, 0.2) is 141 Å². The number of rotatable bonds is 7. The van der Waals surface area contributed by atoms with Crippen LogP contribution in [0.3, 0.4) is 0 Å². The number of allylic oxidation sites excluding steroid dienone is 8. The fourth-order valence-corrected chi connectivity index (χ4v) is 5.14. The molecule has 0 fully saturated rings. The van der Waals surface area contributed by atoms with Crippen molar-refractivity contribution >= 4 is 24.5 Å². The Morgan fingerprint density at radius 3 is 1.97 bits per heavy atom. The Hall–Kier alpha value is -4.36. The Morgan fingerprint density at radius 1 is 0.703 bits per heavy atom. The quantitative estimate of drug-likeness (QED) is 0.186. The van der Waals surface area contributed by atoms with Crippen LogP contribution in [0.4, 0.5) is 0 Å². The van der Waals surface area contributed by atoms with Crippen LogP contribution in [0.1, 0.15) is 24.0 Å². The number of hydrogen-bond donors (Lipinski definition) is 0. The summed E-state index contributed by atoms with van der Waals surface area (Å²) < 4.78 is 0. The fraction of sp³-hybridized carbons (Fsp3) is 0.0556. The maximum absolute atomic E-state index is 6.30. The molecule has 0 aromatic heterocycles. The molecule has 4 aromatic rings. The Morgan fingerprint density at radius 2 is 1.38 bits per heavy atom. The van der Waals surface area contributed by atoms with E-state index in [2.05, 4.69) is 116 Å². The zero-order chi connectivity index (χ0) is 25.6. The SMILES string of the molecule is [B]c1cccc(-c2cc(C3=CCCC=C3)c(/C(C=C)=C/C=C)c(-c3ccccc3)c2-c2ccccc2)c1. The van der Waals surface area contributed by atoms with Crippen molar-refractivity contribution in [1.82, 2.24) is 0 Å². The van der Waals surface area contributed by atoms with E-state index in [1.165, 1.54) is 22.3 Å². The second-order valence-corrected chi connectivity index (χ2v) is 9.16. The topological polar surface area (TPSA) is 0 Å². The van der Waals surface area contributed by atoms with E-state index in [-0.39, 0.29) is 0 Å². The largest absolute Gasteiger partial charge is 0.113 e. The first kappa shape index (κ1) is 24.3. The summed E-state index contributed by atoms with van der Waals surface area (Å²) in [7, 11) is 6.30. The maximum atomic E-state index is 6.30. The van der Waals surface area contributed by atoms with Crippen molar-refractivity contribution in [1.29, 1.82) is 0 Å². The van der Waals surface area contributed by atoms with Crippen molar-refractivity contribution in [2.24, 2.45) is 0 Å². The van der Waals surface area contributed by atoms with Crippen LogP contribution >= 0.6 is 0 Å². The third-order valence-corrected chi connectivity index (χ3v) is 6.76. The standard InChI is InChI=1S/C36H29B/c1-3-15-26(4-2)34-32(27-16-8-5-9-17-27)25-33(30-22-14-23-31(37)24-30)35(28-18-10-6-11-19-28)36(34)29-20-12-7-13-21-29/h3-4,6-8,10-25H,1-2,5,9H2/b26-15+. The first-order chi connectivity index (χ1) is 18.2. The summed E-state index contributed by atoms with van der Waals surface area (Å²) in [6, 6.07) is 31.8. The van der Waals surface area contributed by atoms with Gasteiger partial charge in [-0.25, -0.2) is 0 Å². The molecule has 1 aliphatic carbocycles. The van der Waals surface area contributed by atoms with Crippen LogP contribution in [-0.4, -0.2) is 7.85 Å². The van der Waals surface area contributed by atoms with Crippen molar-refractivity contribution in [3.63, 3.8) is 0 Å². The highest BCUT2D eigenvalue weighted by Crippen LogP contribution is 2.48. The van der Waals surface area contributed by atoms with E-state index < -0.39 is 0 Å². The summed E-state index contributed by atoms with van der Waals surface area (Å²) in [6.07, 6.45) is 14.8. The van der Waals surface area contributed by atoms with Gasteiger partial charge in [-0.3, -0.25) is 0 Å². The van der Waals surface area contributed by atoms with Gasteiger partial charge in [0.25, 0.3) is 0 Å². The lowest BCUT2D eigenvalue weighted by molar-refractivity contribution is 1.04. The highest BCUT2D eigenvalue weighted by atomic mass is 14.3. The molecule has 4 aromatic carbocycles. The molecule has 0 N–H and O–H groups in total. The van der Waals surface area contributed by atoms with Crippen molar-refractivity contribution < 1.29 is 0 Å². The van der Waals surface area contributed by atoms with Crippen LogP contribution in [-0.2, 0) is 0 Å². The molecule has 1 heteroatoms. The van der Waals surface area contributed by atoms with Crippen LogP contribution < -0.4 is 5.46 Å². The van der Waals surface area contributed by atoms with E-state index in [9.17, 15) is 0 Å². The molecule has 0 unspecified atom stereocenters. The van der Waals surface area contributed by atoms with E-state index in [0.717, 1.165) is 51.7 Å². The summed E-state index contributed by atoms with van der Waals surface area (Å²) in [6.45, 7) is 8.21. The lowest BCUT2D eigenvalue weighted by Crippen LogP contribution is -2.04. The molecule has 0 heterocycles.